The lowest BCUT2D eigenvalue weighted by Gasteiger charge is -2.30. The van der Waals surface area contributed by atoms with Crippen LogP contribution >= 0.6 is 7.82 Å². The average molecular weight is 479 g/mol. The van der Waals surface area contributed by atoms with E-state index < -0.39 is 32.5 Å². The normalized spacial score (nSPS) is 12.5. The van der Waals surface area contributed by atoms with E-state index in [1.54, 1.807) is 0 Å². The summed E-state index contributed by atoms with van der Waals surface area (Å²) in [5.41, 5.74) is 0. The van der Waals surface area contributed by atoms with Gasteiger partial charge in [0.1, 0.15) is 6.61 Å². The third-order valence-corrected chi connectivity index (χ3v) is 5.58. The molecule has 0 bridgehead atoms. The van der Waals surface area contributed by atoms with E-state index in [0.29, 0.717) is 12.8 Å². The fourth-order valence-electron chi connectivity index (χ4n) is 3.25. The summed E-state index contributed by atoms with van der Waals surface area (Å²) in [6, 6.07) is 0. The maximum atomic E-state index is 12.0. The Kier molecular flexibility index (Phi) is 20.0. The van der Waals surface area contributed by atoms with Gasteiger partial charge >= 0.3 is 11.9 Å². The first-order chi connectivity index (χ1) is 15.3. The molecule has 0 saturated carbocycles. The molecule has 0 aliphatic rings. The van der Waals surface area contributed by atoms with Crippen molar-refractivity contribution in [2.75, 3.05) is 13.2 Å². The summed E-state index contributed by atoms with van der Waals surface area (Å²) in [5, 5.41) is 0. The first-order valence-corrected chi connectivity index (χ1v) is 13.8. The number of esters is 2. The Morgan fingerprint density at radius 3 is 1.59 bits per heavy atom. The van der Waals surface area contributed by atoms with Crippen molar-refractivity contribution in [3.8, 4) is 0 Å². The third kappa shape index (κ3) is 22.3. The molecule has 0 rings (SSSR count). The molecule has 0 saturated heterocycles. The van der Waals surface area contributed by atoms with Gasteiger partial charge < -0.3 is 28.3 Å². The van der Waals surface area contributed by atoms with Crippen LogP contribution in [-0.4, -0.2) is 31.3 Å². The molecule has 190 valence electrons. The predicted molar refractivity (Wildman–Crippen MR) is 120 cm³/mol. The van der Waals surface area contributed by atoms with Crippen molar-refractivity contribution in [1.29, 1.82) is 0 Å². The van der Waals surface area contributed by atoms with E-state index in [0.717, 1.165) is 38.5 Å². The van der Waals surface area contributed by atoms with Crippen LogP contribution in [0.4, 0.5) is 0 Å². The van der Waals surface area contributed by atoms with Gasteiger partial charge in [-0.3, -0.25) is 9.59 Å². The predicted octanol–water partition coefficient (Wildman–Crippen LogP) is 4.57. The Morgan fingerprint density at radius 2 is 1.12 bits per heavy atom. The molecule has 0 spiro atoms. The summed E-state index contributed by atoms with van der Waals surface area (Å²) in [7, 11) is -5.22. The Morgan fingerprint density at radius 1 is 0.688 bits per heavy atom. The highest BCUT2D eigenvalue weighted by Crippen LogP contribution is 2.25. The van der Waals surface area contributed by atoms with Crippen molar-refractivity contribution in [2.45, 2.75) is 123 Å². The van der Waals surface area contributed by atoms with Crippen molar-refractivity contribution in [3.05, 3.63) is 0 Å². The Hall–Kier alpha value is -0.950. The molecule has 0 fully saturated rings. The molecule has 0 aliphatic heterocycles. The second-order valence-corrected chi connectivity index (χ2v) is 9.43. The highest BCUT2D eigenvalue weighted by atomic mass is 31.2. The van der Waals surface area contributed by atoms with Crippen LogP contribution in [0, 0.1) is 0 Å². The van der Waals surface area contributed by atoms with Crippen LogP contribution < -0.4 is 9.79 Å². The summed E-state index contributed by atoms with van der Waals surface area (Å²) in [5.74, 6) is -0.971. The van der Waals surface area contributed by atoms with Gasteiger partial charge in [0.2, 0.25) is 0 Å². The molecule has 1 atom stereocenters. The van der Waals surface area contributed by atoms with E-state index >= 15 is 0 Å². The number of phosphoric acid groups is 1. The van der Waals surface area contributed by atoms with Crippen molar-refractivity contribution in [2.24, 2.45) is 0 Å². The summed E-state index contributed by atoms with van der Waals surface area (Å²) < 4.78 is 25.3. The van der Waals surface area contributed by atoms with Gasteiger partial charge in [0.25, 0.3) is 0 Å². The number of carbonyl (C=O) groups is 2. The van der Waals surface area contributed by atoms with Crippen LogP contribution in [-0.2, 0) is 28.2 Å². The van der Waals surface area contributed by atoms with Crippen molar-refractivity contribution >= 4 is 19.8 Å². The minimum Gasteiger partial charge on any atom is -0.790 e. The standard InChI is InChI=1S/C23H45O8P/c1-3-5-7-9-11-13-15-17-22(24)29-19-21(20-30-32(26,27)28)31-23(25)18-16-14-12-10-8-6-4-2/h21H,3-20H2,1-2H3,(H2,26,27,28)/p-2. The molecule has 9 heteroatoms. The molecule has 0 amide bonds. The van der Waals surface area contributed by atoms with Gasteiger partial charge in [-0.25, -0.2) is 0 Å². The fraction of sp³-hybridized carbons (Fsp3) is 0.913. The van der Waals surface area contributed by atoms with Gasteiger partial charge in [-0.2, -0.15) is 0 Å². The number of phosphoric ester groups is 1. The van der Waals surface area contributed by atoms with Crippen LogP contribution in [0.25, 0.3) is 0 Å². The SMILES string of the molecule is CCCCCCCCCC(=O)OCC(COP(=O)([O-])[O-])OC(=O)CCCCCCCCC. The average Bonchev–Trinajstić information content (AvgIpc) is 2.73. The summed E-state index contributed by atoms with van der Waals surface area (Å²) >= 11 is 0. The van der Waals surface area contributed by atoms with E-state index in [1.807, 2.05) is 0 Å². The second kappa shape index (κ2) is 20.6. The fourth-order valence-corrected chi connectivity index (χ4v) is 3.60. The lowest BCUT2D eigenvalue weighted by Crippen LogP contribution is -2.31. The molecule has 0 aromatic heterocycles. The highest BCUT2D eigenvalue weighted by molar-refractivity contribution is 7.43. The zero-order chi connectivity index (χ0) is 24.1. The van der Waals surface area contributed by atoms with Crippen molar-refractivity contribution < 1.29 is 37.9 Å². The van der Waals surface area contributed by atoms with Crippen LogP contribution in [0.15, 0.2) is 0 Å². The molecule has 0 heterocycles. The molecule has 1 unspecified atom stereocenters. The molecule has 8 nitrogen and oxygen atoms in total. The van der Waals surface area contributed by atoms with Crippen LogP contribution in [0.5, 0.6) is 0 Å². The van der Waals surface area contributed by atoms with E-state index in [-0.39, 0.29) is 19.4 Å². The van der Waals surface area contributed by atoms with E-state index in [2.05, 4.69) is 18.4 Å². The quantitative estimate of drug-likeness (QED) is 0.126. The van der Waals surface area contributed by atoms with E-state index in [9.17, 15) is 23.9 Å². The zero-order valence-electron chi connectivity index (χ0n) is 20.0. The number of hydrogen-bond donors (Lipinski definition) is 0. The third-order valence-electron chi connectivity index (χ3n) is 5.12. The summed E-state index contributed by atoms with van der Waals surface area (Å²) in [6.45, 7) is 3.32. The van der Waals surface area contributed by atoms with Gasteiger partial charge in [-0.15, -0.1) is 0 Å². The topological polar surface area (TPSA) is 125 Å². The van der Waals surface area contributed by atoms with Gasteiger partial charge in [0, 0.05) is 12.8 Å². The van der Waals surface area contributed by atoms with Gasteiger partial charge in [0.05, 0.1) is 14.4 Å². The van der Waals surface area contributed by atoms with E-state index in [4.69, 9.17) is 9.47 Å². The molecule has 0 aromatic carbocycles. The molecular formula is C23H43O8P-2. The molecule has 0 aliphatic carbocycles. The Labute approximate surface area is 194 Å². The maximum Gasteiger partial charge on any atom is 0.306 e. The minimum atomic E-state index is -5.22. The lowest BCUT2D eigenvalue weighted by molar-refractivity contribution is -0.342. The van der Waals surface area contributed by atoms with Crippen molar-refractivity contribution in [3.63, 3.8) is 0 Å². The molecular weight excluding hydrogens is 435 g/mol. The van der Waals surface area contributed by atoms with Gasteiger partial charge in [-0.1, -0.05) is 90.9 Å². The van der Waals surface area contributed by atoms with Crippen LogP contribution in [0.1, 0.15) is 117 Å². The zero-order valence-corrected chi connectivity index (χ0v) is 20.9. The van der Waals surface area contributed by atoms with Crippen LogP contribution in [0.2, 0.25) is 0 Å². The number of carbonyl (C=O) groups excluding carboxylic acids is 2. The largest absolute Gasteiger partial charge is 0.790 e. The maximum absolute atomic E-state index is 12.0. The first-order valence-electron chi connectivity index (χ1n) is 12.3. The number of hydrogen-bond acceptors (Lipinski definition) is 8. The summed E-state index contributed by atoms with van der Waals surface area (Å²) in [6.07, 6.45) is 14.1. The Balaban J connectivity index is 4.17. The first kappa shape index (κ1) is 31.0. The van der Waals surface area contributed by atoms with Crippen LogP contribution in [0.3, 0.4) is 0 Å². The number of rotatable bonds is 22. The lowest BCUT2D eigenvalue weighted by atomic mass is 10.1. The molecule has 32 heavy (non-hydrogen) atoms. The van der Waals surface area contributed by atoms with Gasteiger partial charge in [-0.05, 0) is 12.8 Å². The second-order valence-electron chi connectivity index (χ2n) is 8.28. The molecule has 0 N–H and O–H groups in total. The monoisotopic (exact) mass is 478 g/mol. The minimum absolute atomic E-state index is 0.183. The number of ether oxygens (including phenoxy) is 2. The number of unbranched alkanes of at least 4 members (excludes halogenated alkanes) is 12. The summed E-state index contributed by atoms with van der Waals surface area (Å²) in [4.78, 5) is 45.4. The molecule has 0 radical (unpaired) electrons. The smallest absolute Gasteiger partial charge is 0.306 e. The van der Waals surface area contributed by atoms with E-state index in [1.165, 1.54) is 38.5 Å². The highest BCUT2D eigenvalue weighted by Gasteiger charge is 2.18. The molecule has 0 aromatic rings. The van der Waals surface area contributed by atoms with Gasteiger partial charge in [0.15, 0.2) is 6.10 Å². The van der Waals surface area contributed by atoms with Crippen molar-refractivity contribution in [1.82, 2.24) is 0 Å². The Bertz CT molecular complexity index is 520.